The number of aryl methyl sites for hydroxylation is 2. The Labute approximate surface area is 167 Å². The second-order valence-electron chi connectivity index (χ2n) is 7.11. The number of benzene rings is 2. The van der Waals surface area contributed by atoms with E-state index >= 15 is 0 Å². The number of hydrogen-bond acceptors (Lipinski definition) is 3. The third kappa shape index (κ3) is 4.48. The Morgan fingerprint density at radius 2 is 1.75 bits per heavy atom. The Hall–Kier alpha value is -2.94. The average Bonchev–Trinajstić information content (AvgIpc) is 2.74. The van der Waals surface area contributed by atoms with Crippen LogP contribution < -0.4 is 4.74 Å². The molecule has 0 aliphatic carbocycles. The van der Waals surface area contributed by atoms with Gasteiger partial charge in [-0.25, -0.2) is 0 Å². The van der Waals surface area contributed by atoms with Gasteiger partial charge < -0.3 is 4.74 Å². The van der Waals surface area contributed by atoms with Crippen molar-refractivity contribution in [3.05, 3.63) is 71.4 Å². The third-order valence-corrected chi connectivity index (χ3v) is 5.08. The van der Waals surface area contributed by atoms with E-state index in [0.29, 0.717) is 0 Å². The summed E-state index contributed by atoms with van der Waals surface area (Å²) in [6, 6.07) is 16.2. The number of nitrogens with zero attached hydrogens (tertiary/aromatic N) is 1. The van der Waals surface area contributed by atoms with Crippen molar-refractivity contribution < 1.29 is 9.53 Å². The highest BCUT2D eigenvalue weighted by Gasteiger charge is 2.12. The van der Waals surface area contributed by atoms with Crippen LogP contribution in [0.4, 0.5) is 0 Å². The Morgan fingerprint density at radius 1 is 1.00 bits per heavy atom. The number of aldehydes is 1. The van der Waals surface area contributed by atoms with Gasteiger partial charge in [0.05, 0.1) is 12.8 Å². The van der Waals surface area contributed by atoms with Crippen LogP contribution >= 0.6 is 0 Å². The number of rotatable bonds is 8. The molecule has 3 aromatic rings. The minimum absolute atomic E-state index is 0.724. The van der Waals surface area contributed by atoms with Crippen molar-refractivity contribution in [1.82, 2.24) is 4.98 Å². The molecule has 3 nitrogen and oxygen atoms in total. The van der Waals surface area contributed by atoms with Crippen LogP contribution in [0.1, 0.15) is 47.7 Å². The van der Waals surface area contributed by atoms with Crippen LogP contribution in [-0.2, 0) is 6.42 Å². The molecule has 0 saturated heterocycles. The first-order chi connectivity index (χ1) is 13.7. The van der Waals surface area contributed by atoms with E-state index in [1.54, 1.807) is 7.11 Å². The Kier molecular flexibility index (Phi) is 6.59. The van der Waals surface area contributed by atoms with Crippen LogP contribution in [0, 0.1) is 6.92 Å². The molecule has 144 valence electrons. The van der Waals surface area contributed by atoms with Crippen LogP contribution in [0.25, 0.3) is 22.4 Å². The van der Waals surface area contributed by atoms with Gasteiger partial charge in [-0.2, -0.15) is 0 Å². The first kappa shape index (κ1) is 19.8. The summed E-state index contributed by atoms with van der Waals surface area (Å²) in [6.45, 7) is 4.19. The first-order valence-electron chi connectivity index (χ1n) is 9.85. The number of unbranched alkanes of at least 4 members (excludes halogenated alkanes) is 2. The predicted molar refractivity (Wildman–Crippen MR) is 115 cm³/mol. The molecule has 28 heavy (non-hydrogen) atoms. The van der Waals surface area contributed by atoms with Gasteiger partial charge in [0.15, 0.2) is 0 Å². The molecule has 0 fully saturated rings. The highest BCUT2D eigenvalue weighted by atomic mass is 16.5. The molecule has 2 aromatic carbocycles. The van der Waals surface area contributed by atoms with E-state index in [-0.39, 0.29) is 0 Å². The molecule has 0 N–H and O–H groups in total. The topological polar surface area (TPSA) is 39.2 Å². The summed E-state index contributed by atoms with van der Waals surface area (Å²) in [6.07, 6.45) is 7.53. The highest BCUT2D eigenvalue weighted by molar-refractivity contribution is 5.84. The summed E-state index contributed by atoms with van der Waals surface area (Å²) in [7, 11) is 1.67. The van der Waals surface area contributed by atoms with Gasteiger partial charge in [-0.15, -0.1) is 0 Å². The molecule has 3 heteroatoms. The zero-order valence-electron chi connectivity index (χ0n) is 16.9. The quantitative estimate of drug-likeness (QED) is 0.345. The number of carbonyl (C=O) groups is 1. The van der Waals surface area contributed by atoms with Crippen molar-refractivity contribution in [1.29, 1.82) is 0 Å². The van der Waals surface area contributed by atoms with Crippen LogP contribution in [-0.4, -0.2) is 18.4 Å². The normalized spacial score (nSPS) is 10.7. The maximum Gasteiger partial charge on any atom is 0.150 e. The molecule has 1 aromatic heterocycles. The summed E-state index contributed by atoms with van der Waals surface area (Å²) in [5.74, 6) is 0.827. The fourth-order valence-corrected chi connectivity index (χ4v) is 3.40. The van der Waals surface area contributed by atoms with Crippen molar-refractivity contribution in [2.75, 3.05) is 7.11 Å². The lowest BCUT2D eigenvalue weighted by Gasteiger charge is -2.13. The summed E-state index contributed by atoms with van der Waals surface area (Å²) in [5.41, 5.74) is 7.12. The van der Waals surface area contributed by atoms with Crippen molar-refractivity contribution in [2.45, 2.75) is 39.5 Å². The molecular weight excluding hydrogens is 346 g/mol. The Bertz CT molecular complexity index is 945. The van der Waals surface area contributed by atoms with E-state index < -0.39 is 0 Å². The average molecular weight is 373 g/mol. The van der Waals surface area contributed by atoms with E-state index in [9.17, 15) is 4.79 Å². The molecule has 0 atom stereocenters. The van der Waals surface area contributed by atoms with Gasteiger partial charge in [0, 0.05) is 22.9 Å². The van der Waals surface area contributed by atoms with E-state index in [4.69, 9.17) is 9.72 Å². The van der Waals surface area contributed by atoms with Crippen LogP contribution in [0.2, 0.25) is 0 Å². The molecule has 1 heterocycles. The second kappa shape index (κ2) is 9.32. The second-order valence-corrected chi connectivity index (χ2v) is 7.11. The minimum atomic E-state index is 0.724. The van der Waals surface area contributed by atoms with Crippen LogP contribution in [0.15, 0.2) is 54.7 Å². The standard InChI is InChI=1S/C25H27NO2/c1-4-5-6-7-19-15-24(21-8-9-22(17-27)18(2)14-21)25(26-16-19)20-10-12-23(28-3)13-11-20/h8-17H,4-7H2,1-3H3. The third-order valence-electron chi connectivity index (χ3n) is 5.08. The van der Waals surface area contributed by atoms with E-state index in [1.165, 1.54) is 24.8 Å². The van der Waals surface area contributed by atoms with Crippen LogP contribution in [0.5, 0.6) is 5.75 Å². The van der Waals surface area contributed by atoms with Gasteiger partial charge in [-0.3, -0.25) is 9.78 Å². The molecule has 0 amide bonds. The molecule has 3 rings (SSSR count). The molecule has 0 saturated carbocycles. The van der Waals surface area contributed by atoms with Gasteiger partial charge in [0.25, 0.3) is 0 Å². The SMILES string of the molecule is CCCCCc1cnc(-c2ccc(OC)cc2)c(-c2ccc(C=O)c(C)c2)c1. The number of pyridine rings is 1. The molecular formula is C25H27NO2. The predicted octanol–water partition coefficient (Wildman–Crippen LogP) is 6.28. The number of methoxy groups -OCH3 is 1. The lowest BCUT2D eigenvalue weighted by Crippen LogP contribution is -1.96. The van der Waals surface area contributed by atoms with Gasteiger partial charge in [-0.1, -0.05) is 38.0 Å². The van der Waals surface area contributed by atoms with E-state index in [1.807, 2.05) is 49.5 Å². The Morgan fingerprint density at radius 3 is 2.39 bits per heavy atom. The van der Waals surface area contributed by atoms with Crippen molar-refractivity contribution in [2.24, 2.45) is 0 Å². The van der Waals surface area contributed by atoms with Gasteiger partial charge in [0.2, 0.25) is 0 Å². The molecule has 0 aliphatic heterocycles. The van der Waals surface area contributed by atoms with Crippen molar-refractivity contribution in [3.63, 3.8) is 0 Å². The lowest BCUT2D eigenvalue weighted by molar-refractivity contribution is 0.112. The fraction of sp³-hybridized carbons (Fsp3) is 0.280. The lowest BCUT2D eigenvalue weighted by atomic mass is 9.94. The van der Waals surface area contributed by atoms with Gasteiger partial charge in [-0.05, 0) is 66.8 Å². The molecule has 0 bridgehead atoms. The fourth-order valence-electron chi connectivity index (χ4n) is 3.40. The summed E-state index contributed by atoms with van der Waals surface area (Å²) in [4.78, 5) is 16.0. The molecule has 0 aliphatic rings. The minimum Gasteiger partial charge on any atom is -0.497 e. The van der Waals surface area contributed by atoms with Crippen LogP contribution in [0.3, 0.4) is 0 Å². The summed E-state index contributed by atoms with van der Waals surface area (Å²) < 4.78 is 5.28. The van der Waals surface area contributed by atoms with Crippen molar-refractivity contribution in [3.8, 4) is 28.1 Å². The highest BCUT2D eigenvalue weighted by Crippen LogP contribution is 2.33. The molecule has 0 unspecified atom stereocenters. The zero-order chi connectivity index (χ0) is 19.9. The smallest absolute Gasteiger partial charge is 0.150 e. The first-order valence-corrected chi connectivity index (χ1v) is 9.85. The summed E-state index contributed by atoms with van der Waals surface area (Å²) >= 11 is 0. The number of carbonyl (C=O) groups excluding carboxylic acids is 1. The Balaban J connectivity index is 2.07. The van der Waals surface area contributed by atoms with Crippen molar-refractivity contribution >= 4 is 6.29 Å². The molecule has 0 spiro atoms. The van der Waals surface area contributed by atoms with Gasteiger partial charge >= 0.3 is 0 Å². The molecule has 0 radical (unpaired) electrons. The largest absolute Gasteiger partial charge is 0.497 e. The van der Waals surface area contributed by atoms with E-state index in [2.05, 4.69) is 19.1 Å². The monoisotopic (exact) mass is 373 g/mol. The number of hydrogen-bond donors (Lipinski definition) is 0. The number of ether oxygens (including phenoxy) is 1. The van der Waals surface area contributed by atoms with Gasteiger partial charge in [0.1, 0.15) is 12.0 Å². The number of aromatic nitrogens is 1. The summed E-state index contributed by atoms with van der Waals surface area (Å²) in [5, 5.41) is 0. The van der Waals surface area contributed by atoms with E-state index in [0.717, 1.165) is 52.0 Å². The maximum absolute atomic E-state index is 11.2. The maximum atomic E-state index is 11.2. The zero-order valence-corrected chi connectivity index (χ0v) is 16.9.